The average Bonchev–Trinajstić information content (AvgIpc) is 3.02. The van der Waals surface area contributed by atoms with E-state index in [-0.39, 0.29) is 17.3 Å². The van der Waals surface area contributed by atoms with E-state index >= 15 is 0 Å². The zero-order chi connectivity index (χ0) is 17.9. The Kier molecular flexibility index (Phi) is 4.83. The fourth-order valence-electron chi connectivity index (χ4n) is 4.05. The van der Waals surface area contributed by atoms with Crippen molar-refractivity contribution >= 4 is 5.78 Å². The lowest BCUT2D eigenvalue weighted by Gasteiger charge is -2.35. The van der Waals surface area contributed by atoms with Crippen molar-refractivity contribution in [1.29, 1.82) is 0 Å². The highest BCUT2D eigenvalue weighted by atomic mass is 16.6. The van der Waals surface area contributed by atoms with E-state index in [1.165, 1.54) is 0 Å². The van der Waals surface area contributed by atoms with Crippen LogP contribution in [-0.4, -0.2) is 24.4 Å². The molecule has 0 bridgehead atoms. The van der Waals surface area contributed by atoms with E-state index in [1.807, 2.05) is 48.5 Å². The summed E-state index contributed by atoms with van der Waals surface area (Å²) < 4.78 is 5.28. The molecule has 2 aromatic carbocycles. The summed E-state index contributed by atoms with van der Waals surface area (Å²) in [5, 5.41) is 11.4. The van der Waals surface area contributed by atoms with Crippen LogP contribution in [-0.2, 0) is 10.2 Å². The zero-order valence-electron chi connectivity index (χ0n) is 14.2. The van der Waals surface area contributed by atoms with Gasteiger partial charge in [-0.2, -0.15) is 0 Å². The fraction of sp³-hybridized carbons (Fsp3) is 0.350. The molecule has 5 nitrogen and oxygen atoms in total. The minimum absolute atomic E-state index is 0.0911. The number of Topliss-reactive ketones (excluding diaryl/α,β-unsaturated/α-hetero) is 1. The zero-order valence-corrected chi connectivity index (χ0v) is 14.2. The van der Waals surface area contributed by atoms with Gasteiger partial charge in [-0.05, 0) is 36.1 Å². The van der Waals surface area contributed by atoms with Crippen LogP contribution < -0.4 is 4.74 Å². The summed E-state index contributed by atoms with van der Waals surface area (Å²) in [4.78, 5) is 24.1. The van der Waals surface area contributed by atoms with E-state index in [0.717, 1.165) is 17.5 Å². The van der Waals surface area contributed by atoms with Gasteiger partial charge in [-0.25, -0.2) is 0 Å². The maximum atomic E-state index is 13.0. The maximum absolute atomic E-state index is 13.0. The molecule has 0 amide bonds. The number of rotatable bonds is 6. The van der Waals surface area contributed by atoms with Crippen LogP contribution in [0.3, 0.4) is 0 Å². The molecule has 1 fully saturated rings. The number of benzene rings is 2. The normalized spacial score (nSPS) is 21.1. The SMILES string of the molecule is COc1cccc([C@H](C[N+](=O)[O-])[C@]2(c3ccccc3)CCCC2=O)c1. The first-order valence-electron chi connectivity index (χ1n) is 8.42. The molecule has 2 atom stereocenters. The van der Waals surface area contributed by atoms with Crippen molar-refractivity contribution < 1.29 is 14.5 Å². The van der Waals surface area contributed by atoms with Gasteiger partial charge in [-0.15, -0.1) is 0 Å². The Balaban J connectivity index is 2.17. The second-order valence-electron chi connectivity index (χ2n) is 6.46. The number of ketones is 1. The Hall–Kier alpha value is -2.69. The van der Waals surface area contributed by atoms with Gasteiger partial charge in [0.2, 0.25) is 6.54 Å². The summed E-state index contributed by atoms with van der Waals surface area (Å²) >= 11 is 0. The molecule has 0 aliphatic heterocycles. The van der Waals surface area contributed by atoms with Gasteiger partial charge in [-0.1, -0.05) is 42.5 Å². The van der Waals surface area contributed by atoms with Crippen molar-refractivity contribution in [2.24, 2.45) is 0 Å². The van der Waals surface area contributed by atoms with Gasteiger partial charge in [0.1, 0.15) is 11.5 Å². The smallest absolute Gasteiger partial charge is 0.211 e. The molecule has 1 aliphatic rings. The van der Waals surface area contributed by atoms with E-state index in [2.05, 4.69) is 0 Å². The summed E-state index contributed by atoms with van der Waals surface area (Å²) in [5.74, 6) is 0.211. The van der Waals surface area contributed by atoms with Crippen LogP contribution in [0, 0.1) is 10.1 Å². The van der Waals surface area contributed by atoms with E-state index in [1.54, 1.807) is 13.2 Å². The van der Waals surface area contributed by atoms with Crippen molar-refractivity contribution in [3.05, 3.63) is 75.8 Å². The van der Waals surface area contributed by atoms with Crippen LogP contribution in [0.1, 0.15) is 36.3 Å². The number of carbonyl (C=O) groups excluding carboxylic acids is 1. The third kappa shape index (κ3) is 3.14. The molecule has 0 radical (unpaired) electrons. The first kappa shape index (κ1) is 17.1. The van der Waals surface area contributed by atoms with Gasteiger partial charge >= 0.3 is 0 Å². The number of nitro groups is 1. The molecule has 1 aliphatic carbocycles. The first-order chi connectivity index (χ1) is 12.1. The number of methoxy groups -OCH3 is 1. The second kappa shape index (κ2) is 7.05. The fourth-order valence-corrected chi connectivity index (χ4v) is 4.05. The predicted molar refractivity (Wildman–Crippen MR) is 94.6 cm³/mol. The first-order valence-corrected chi connectivity index (χ1v) is 8.42. The Bertz CT molecular complexity index is 774. The monoisotopic (exact) mass is 339 g/mol. The van der Waals surface area contributed by atoms with E-state index in [0.29, 0.717) is 18.6 Å². The highest BCUT2D eigenvalue weighted by Gasteiger charge is 2.51. The Labute approximate surface area is 146 Å². The lowest BCUT2D eigenvalue weighted by molar-refractivity contribution is -0.485. The molecule has 25 heavy (non-hydrogen) atoms. The van der Waals surface area contributed by atoms with Crippen LogP contribution in [0.5, 0.6) is 5.75 Å². The topological polar surface area (TPSA) is 69.4 Å². The molecule has 0 aromatic heterocycles. The predicted octanol–water partition coefficient (Wildman–Crippen LogP) is 3.75. The van der Waals surface area contributed by atoms with Crippen molar-refractivity contribution in [1.82, 2.24) is 0 Å². The Morgan fingerprint density at radius 3 is 2.56 bits per heavy atom. The molecule has 3 rings (SSSR count). The number of hydrogen-bond donors (Lipinski definition) is 0. The van der Waals surface area contributed by atoms with E-state index in [4.69, 9.17) is 4.74 Å². The lowest BCUT2D eigenvalue weighted by atomic mass is 9.65. The van der Waals surface area contributed by atoms with E-state index in [9.17, 15) is 14.9 Å². The molecular weight excluding hydrogens is 318 g/mol. The van der Waals surface area contributed by atoms with Gasteiger partial charge in [0.15, 0.2) is 0 Å². The Morgan fingerprint density at radius 2 is 1.96 bits per heavy atom. The summed E-state index contributed by atoms with van der Waals surface area (Å²) in [6, 6.07) is 16.8. The molecule has 0 heterocycles. The number of hydrogen-bond acceptors (Lipinski definition) is 4. The minimum Gasteiger partial charge on any atom is -0.497 e. The molecule has 2 aromatic rings. The van der Waals surface area contributed by atoms with Gasteiger partial charge < -0.3 is 4.74 Å². The number of nitrogens with zero attached hydrogens (tertiary/aromatic N) is 1. The molecule has 0 unspecified atom stereocenters. The molecule has 0 saturated heterocycles. The lowest BCUT2D eigenvalue weighted by Crippen LogP contribution is -2.41. The highest BCUT2D eigenvalue weighted by Crippen LogP contribution is 2.49. The number of carbonyl (C=O) groups is 1. The largest absolute Gasteiger partial charge is 0.497 e. The molecule has 5 heteroatoms. The maximum Gasteiger partial charge on any atom is 0.211 e. The van der Waals surface area contributed by atoms with Gasteiger partial charge in [0.25, 0.3) is 0 Å². The van der Waals surface area contributed by atoms with Crippen molar-refractivity contribution in [3.63, 3.8) is 0 Å². The van der Waals surface area contributed by atoms with E-state index < -0.39 is 11.3 Å². The van der Waals surface area contributed by atoms with Crippen LogP contribution in [0.4, 0.5) is 0 Å². The number of ether oxygens (including phenoxy) is 1. The summed E-state index contributed by atoms with van der Waals surface area (Å²) in [5.41, 5.74) is 0.795. The molecular formula is C20H21NO4. The standard InChI is InChI=1S/C20H21NO4/c1-25-17-10-5-7-15(13-17)18(14-21(23)24)20(12-6-11-19(20)22)16-8-3-2-4-9-16/h2-5,7-10,13,18H,6,11-12,14H2,1H3/t18-,20+/m0/s1. The Morgan fingerprint density at radius 1 is 1.20 bits per heavy atom. The summed E-state index contributed by atoms with van der Waals surface area (Å²) in [6.45, 7) is -0.284. The van der Waals surface area contributed by atoms with Crippen LogP contribution >= 0.6 is 0 Å². The quantitative estimate of drug-likeness (QED) is 0.594. The summed E-state index contributed by atoms with van der Waals surface area (Å²) in [7, 11) is 1.56. The third-order valence-corrected chi connectivity index (χ3v) is 5.18. The van der Waals surface area contributed by atoms with Crippen molar-refractivity contribution in [2.45, 2.75) is 30.6 Å². The minimum atomic E-state index is -0.847. The van der Waals surface area contributed by atoms with Gasteiger partial charge in [0, 0.05) is 11.3 Å². The van der Waals surface area contributed by atoms with Crippen LogP contribution in [0.25, 0.3) is 0 Å². The molecule has 0 N–H and O–H groups in total. The third-order valence-electron chi connectivity index (χ3n) is 5.18. The van der Waals surface area contributed by atoms with Gasteiger partial charge in [-0.3, -0.25) is 14.9 Å². The molecule has 1 saturated carbocycles. The molecule has 130 valence electrons. The second-order valence-corrected chi connectivity index (χ2v) is 6.46. The van der Waals surface area contributed by atoms with Crippen LogP contribution in [0.2, 0.25) is 0 Å². The van der Waals surface area contributed by atoms with Crippen molar-refractivity contribution in [3.8, 4) is 5.75 Å². The molecule has 0 spiro atoms. The van der Waals surface area contributed by atoms with Crippen molar-refractivity contribution in [2.75, 3.05) is 13.7 Å². The highest BCUT2D eigenvalue weighted by molar-refractivity contribution is 5.93. The average molecular weight is 339 g/mol. The summed E-state index contributed by atoms with van der Waals surface area (Å²) in [6.07, 6.45) is 1.85. The van der Waals surface area contributed by atoms with Crippen LogP contribution in [0.15, 0.2) is 54.6 Å². The van der Waals surface area contributed by atoms with Gasteiger partial charge in [0.05, 0.1) is 18.4 Å².